The van der Waals surface area contributed by atoms with Gasteiger partial charge in [0.05, 0.1) is 12.2 Å². The van der Waals surface area contributed by atoms with Crippen molar-refractivity contribution in [2.24, 2.45) is 0 Å². The Bertz CT molecular complexity index is 616. The highest BCUT2D eigenvalue weighted by molar-refractivity contribution is 9.10. The molecule has 0 heterocycles. The molecule has 0 aliphatic heterocycles. The number of amides is 1. The first-order valence-corrected chi connectivity index (χ1v) is 8.25. The third-order valence-electron chi connectivity index (χ3n) is 3.06. The van der Waals surface area contributed by atoms with Gasteiger partial charge >= 0.3 is 0 Å². The summed E-state index contributed by atoms with van der Waals surface area (Å²) in [5.41, 5.74) is 0.653. The molecule has 0 bridgehead atoms. The van der Waals surface area contributed by atoms with Crippen LogP contribution in [0.4, 0.5) is 0 Å². The van der Waals surface area contributed by atoms with Crippen LogP contribution in [0, 0.1) is 0 Å². The Hall–Kier alpha value is -1.52. The molecule has 116 valence electrons. The molecule has 1 amide bonds. The highest BCUT2D eigenvalue weighted by atomic mass is 79.9. The van der Waals surface area contributed by atoms with Crippen LogP contribution in [-0.2, 0) is 0 Å². The van der Waals surface area contributed by atoms with Gasteiger partial charge in [-0.05, 0) is 65.2 Å². The average Bonchev–Trinajstić information content (AvgIpc) is 2.52. The zero-order chi connectivity index (χ0) is 15.8. The first kappa shape index (κ1) is 16.8. The highest BCUT2D eigenvalue weighted by Crippen LogP contribution is 2.16. The van der Waals surface area contributed by atoms with Crippen LogP contribution >= 0.6 is 27.5 Å². The maximum Gasteiger partial charge on any atom is 0.252 e. The van der Waals surface area contributed by atoms with Gasteiger partial charge in [-0.2, -0.15) is 0 Å². The summed E-state index contributed by atoms with van der Waals surface area (Å²) in [6.45, 7) is 1.25. The fourth-order valence-corrected chi connectivity index (χ4v) is 2.48. The van der Waals surface area contributed by atoms with E-state index in [9.17, 15) is 4.79 Å². The number of carbonyl (C=O) groups excluding carboxylic acids is 1. The van der Waals surface area contributed by atoms with Crippen molar-refractivity contribution >= 4 is 33.4 Å². The molecule has 0 spiro atoms. The summed E-state index contributed by atoms with van der Waals surface area (Å²) >= 11 is 9.18. The number of halogens is 2. The molecule has 0 atom stereocenters. The molecule has 2 aromatic carbocycles. The fourth-order valence-electron chi connectivity index (χ4n) is 1.89. The second kappa shape index (κ2) is 8.81. The Morgan fingerprint density at radius 2 is 1.82 bits per heavy atom. The number of carbonyl (C=O) groups is 1. The van der Waals surface area contributed by atoms with Crippen LogP contribution in [0.3, 0.4) is 0 Å². The van der Waals surface area contributed by atoms with Gasteiger partial charge in [-0.3, -0.25) is 4.79 Å². The molecule has 2 aromatic rings. The van der Waals surface area contributed by atoms with Gasteiger partial charge in [0, 0.05) is 16.0 Å². The van der Waals surface area contributed by atoms with E-state index in [-0.39, 0.29) is 5.91 Å². The van der Waals surface area contributed by atoms with Gasteiger partial charge in [-0.25, -0.2) is 0 Å². The van der Waals surface area contributed by atoms with Crippen molar-refractivity contribution in [3.05, 3.63) is 63.6 Å². The standard InChI is InChI=1S/C17H17BrClNO2/c18-16-6-2-1-5-15(16)17(21)20-11-3-4-12-22-14-9-7-13(19)8-10-14/h1-2,5-10H,3-4,11-12H2,(H,20,21). The summed E-state index contributed by atoms with van der Waals surface area (Å²) in [4.78, 5) is 12.0. The summed E-state index contributed by atoms with van der Waals surface area (Å²) in [6, 6.07) is 14.7. The monoisotopic (exact) mass is 381 g/mol. The smallest absolute Gasteiger partial charge is 0.252 e. The topological polar surface area (TPSA) is 38.3 Å². The normalized spacial score (nSPS) is 10.3. The Morgan fingerprint density at radius 3 is 2.55 bits per heavy atom. The van der Waals surface area contributed by atoms with E-state index in [4.69, 9.17) is 16.3 Å². The van der Waals surface area contributed by atoms with E-state index in [1.807, 2.05) is 30.3 Å². The van der Waals surface area contributed by atoms with E-state index < -0.39 is 0 Å². The Kier molecular flexibility index (Phi) is 6.74. The van der Waals surface area contributed by atoms with Crippen molar-refractivity contribution in [2.75, 3.05) is 13.2 Å². The van der Waals surface area contributed by atoms with Gasteiger partial charge in [0.25, 0.3) is 5.91 Å². The number of nitrogens with one attached hydrogen (secondary N) is 1. The maximum absolute atomic E-state index is 12.0. The van der Waals surface area contributed by atoms with Gasteiger partial charge in [0.1, 0.15) is 5.75 Å². The molecule has 0 saturated carbocycles. The lowest BCUT2D eigenvalue weighted by Gasteiger charge is -2.08. The van der Waals surface area contributed by atoms with Gasteiger partial charge in [-0.15, -0.1) is 0 Å². The SMILES string of the molecule is O=C(NCCCCOc1ccc(Cl)cc1)c1ccccc1Br. The molecule has 22 heavy (non-hydrogen) atoms. The van der Waals surface area contributed by atoms with Crippen LogP contribution in [0.2, 0.25) is 5.02 Å². The molecule has 0 aliphatic carbocycles. The molecule has 0 radical (unpaired) electrons. The molecule has 0 aliphatic rings. The average molecular weight is 383 g/mol. The Labute approximate surface area is 143 Å². The van der Waals surface area contributed by atoms with Gasteiger partial charge in [0.15, 0.2) is 0 Å². The number of ether oxygens (including phenoxy) is 1. The molecule has 2 rings (SSSR count). The summed E-state index contributed by atoms with van der Waals surface area (Å²) in [7, 11) is 0. The van der Waals surface area contributed by atoms with E-state index >= 15 is 0 Å². The zero-order valence-electron chi connectivity index (χ0n) is 12.0. The van der Waals surface area contributed by atoms with E-state index in [0.717, 1.165) is 23.1 Å². The molecule has 1 N–H and O–H groups in total. The Morgan fingerprint density at radius 1 is 1.09 bits per heavy atom. The van der Waals surface area contributed by atoms with E-state index in [1.165, 1.54) is 0 Å². The summed E-state index contributed by atoms with van der Waals surface area (Å²) in [5, 5.41) is 3.60. The quantitative estimate of drug-likeness (QED) is 0.705. The van der Waals surface area contributed by atoms with Crippen LogP contribution in [0.1, 0.15) is 23.2 Å². The van der Waals surface area contributed by atoms with Crippen LogP contribution < -0.4 is 10.1 Å². The second-order valence-corrected chi connectivity index (χ2v) is 6.04. The number of benzene rings is 2. The minimum absolute atomic E-state index is 0.0638. The second-order valence-electron chi connectivity index (χ2n) is 4.75. The van der Waals surface area contributed by atoms with Crippen molar-refractivity contribution in [3.8, 4) is 5.75 Å². The van der Waals surface area contributed by atoms with Gasteiger partial charge in [-0.1, -0.05) is 23.7 Å². The lowest BCUT2D eigenvalue weighted by molar-refractivity contribution is 0.0951. The van der Waals surface area contributed by atoms with Crippen LogP contribution in [0.25, 0.3) is 0 Å². The summed E-state index contributed by atoms with van der Waals surface area (Å²) < 4.78 is 6.40. The van der Waals surface area contributed by atoms with Crippen LogP contribution in [0.15, 0.2) is 53.0 Å². The molecular weight excluding hydrogens is 366 g/mol. The third kappa shape index (κ3) is 5.35. The maximum atomic E-state index is 12.0. The van der Waals surface area contributed by atoms with Crippen molar-refractivity contribution in [3.63, 3.8) is 0 Å². The van der Waals surface area contributed by atoms with Gasteiger partial charge in [0.2, 0.25) is 0 Å². The molecule has 0 unspecified atom stereocenters. The molecular formula is C17H17BrClNO2. The van der Waals surface area contributed by atoms with Crippen molar-refractivity contribution in [1.29, 1.82) is 0 Å². The largest absolute Gasteiger partial charge is 0.494 e. The lowest BCUT2D eigenvalue weighted by Crippen LogP contribution is -2.25. The van der Waals surface area contributed by atoms with Crippen LogP contribution in [-0.4, -0.2) is 19.1 Å². The van der Waals surface area contributed by atoms with E-state index in [1.54, 1.807) is 18.2 Å². The first-order chi connectivity index (χ1) is 10.7. The number of unbranched alkanes of at least 4 members (excludes halogenated alkanes) is 1. The predicted molar refractivity (Wildman–Crippen MR) is 92.7 cm³/mol. The predicted octanol–water partition coefficient (Wildman–Crippen LogP) is 4.69. The number of hydrogen-bond acceptors (Lipinski definition) is 2. The van der Waals surface area contributed by atoms with Crippen LogP contribution in [0.5, 0.6) is 5.75 Å². The first-order valence-electron chi connectivity index (χ1n) is 7.08. The minimum atomic E-state index is -0.0638. The van der Waals surface area contributed by atoms with E-state index in [2.05, 4.69) is 21.2 Å². The number of rotatable bonds is 7. The Balaban J connectivity index is 1.62. The number of hydrogen-bond donors (Lipinski definition) is 1. The van der Waals surface area contributed by atoms with Crippen molar-refractivity contribution in [2.45, 2.75) is 12.8 Å². The highest BCUT2D eigenvalue weighted by Gasteiger charge is 2.07. The van der Waals surface area contributed by atoms with Gasteiger partial charge < -0.3 is 10.1 Å². The van der Waals surface area contributed by atoms with E-state index in [0.29, 0.717) is 23.7 Å². The minimum Gasteiger partial charge on any atom is -0.494 e. The zero-order valence-corrected chi connectivity index (χ0v) is 14.4. The fraction of sp³-hybridized carbons (Fsp3) is 0.235. The molecule has 3 nitrogen and oxygen atoms in total. The molecule has 0 aromatic heterocycles. The molecule has 0 fully saturated rings. The van der Waals surface area contributed by atoms with Crippen molar-refractivity contribution in [1.82, 2.24) is 5.32 Å². The molecule has 0 saturated heterocycles. The lowest BCUT2D eigenvalue weighted by atomic mass is 10.2. The summed E-state index contributed by atoms with van der Waals surface area (Å²) in [5.74, 6) is 0.743. The summed E-state index contributed by atoms with van der Waals surface area (Å²) in [6.07, 6.45) is 1.74. The molecule has 5 heteroatoms. The van der Waals surface area contributed by atoms with Crippen molar-refractivity contribution < 1.29 is 9.53 Å². The third-order valence-corrected chi connectivity index (χ3v) is 4.00.